The number of hydrogen-bond acceptors (Lipinski definition) is 3. The predicted octanol–water partition coefficient (Wildman–Crippen LogP) is 13.3. The molecule has 0 radical (unpaired) electrons. The van der Waals surface area contributed by atoms with Gasteiger partial charge in [0.1, 0.15) is 17.3 Å². The molecule has 2 aromatic rings. The van der Waals surface area contributed by atoms with E-state index in [9.17, 15) is 9.90 Å². The third kappa shape index (κ3) is 11.5. The number of carbonyl (C=O) groups excluding carboxylic acids is 1. The lowest BCUT2D eigenvalue weighted by atomic mass is 9.76. The molecule has 0 aliphatic heterocycles. The van der Waals surface area contributed by atoms with Crippen LogP contribution in [-0.2, 0) is 6.42 Å². The number of carbonyl (C=O) groups is 1. The molecule has 3 nitrogen and oxygen atoms in total. The Morgan fingerprint density at radius 3 is 2.00 bits per heavy atom. The Morgan fingerprint density at radius 1 is 0.896 bits per heavy atom. The van der Waals surface area contributed by atoms with Crippen LogP contribution in [0.3, 0.4) is 0 Å². The van der Waals surface area contributed by atoms with Crippen molar-refractivity contribution in [3.05, 3.63) is 138 Å². The number of benzene rings is 2. The van der Waals surface area contributed by atoms with Gasteiger partial charge in [0.25, 0.3) is 0 Å². The van der Waals surface area contributed by atoms with Crippen LogP contribution < -0.4 is 4.74 Å². The van der Waals surface area contributed by atoms with Gasteiger partial charge in [-0.25, -0.2) is 0 Å². The highest BCUT2D eigenvalue weighted by Gasteiger charge is 2.24. The Balaban J connectivity index is 2.19. The molecule has 48 heavy (non-hydrogen) atoms. The average molecular weight is 649 g/mol. The number of rotatable bonds is 18. The minimum absolute atomic E-state index is 0.0788. The highest BCUT2D eigenvalue weighted by atomic mass is 16.5. The van der Waals surface area contributed by atoms with Crippen molar-refractivity contribution in [1.82, 2.24) is 0 Å². The van der Waals surface area contributed by atoms with Crippen molar-refractivity contribution in [2.24, 2.45) is 16.7 Å². The Hall–Kier alpha value is -4.11. The molecule has 1 N–H and O–H groups in total. The molecule has 0 heterocycles. The van der Waals surface area contributed by atoms with E-state index in [4.69, 9.17) is 4.74 Å². The molecule has 0 saturated carbocycles. The molecule has 2 aromatic carbocycles. The fourth-order valence-corrected chi connectivity index (χ4v) is 5.94. The zero-order chi connectivity index (χ0) is 36.2. The van der Waals surface area contributed by atoms with E-state index in [1.807, 2.05) is 75.4 Å². The minimum atomic E-state index is -0.416. The fourth-order valence-electron chi connectivity index (χ4n) is 5.94. The molecule has 0 saturated heterocycles. The Kier molecular flexibility index (Phi) is 14.9. The van der Waals surface area contributed by atoms with Gasteiger partial charge in [-0.15, -0.1) is 0 Å². The topological polar surface area (TPSA) is 46.5 Å². The van der Waals surface area contributed by atoms with Gasteiger partial charge in [-0.05, 0) is 114 Å². The number of aliphatic hydroxyl groups is 1. The lowest BCUT2D eigenvalue weighted by Gasteiger charge is -2.29. The van der Waals surface area contributed by atoms with E-state index in [-0.39, 0.29) is 17.0 Å². The smallest absolute Gasteiger partial charge is 0.162 e. The number of allylic oxidation sites excluding steroid dienone is 9. The van der Waals surface area contributed by atoms with Crippen LogP contribution in [0.25, 0.3) is 11.1 Å². The number of ketones is 1. The number of Topliss-reactive ketones (excluding diaryl/α,β-unsaturated/α-hetero) is 1. The standard InChI is InChI=1S/C45H60O3/c1-14-17-37-21-22-38(28-42(37)43(47)16-3)36-23-26-41(27-24-36)48-40(15-2)25-19-33(7)45(12,13)32(6)18-20-39(34(8)35(9)46)30-44(10,11)29-31(4)5/h15,18-28,31,46H,6-7,9,14,16-17,29-30H2,1-5,8,10-13H3/b20-18-,25-19-,39-34-,40-15+. The molecule has 0 fully saturated rings. The summed E-state index contributed by atoms with van der Waals surface area (Å²) >= 11 is 0. The molecule has 0 aliphatic rings. The van der Waals surface area contributed by atoms with Crippen LogP contribution in [-0.4, -0.2) is 10.9 Å². The molecular weight excluding hydrogens is 588 g/mol. The lowest BCUT2D eigenvalue weighted by molar-refractivity contribution is 0.0987. The second-order valence-corrected chi connectivity index (χ2v) is 14.6. The molecule has 2 rings (SSSR count). The Bertz CT molecular complexity index is 1580. The number of aliphatic hydroxyl groups excluding tert-OH is 1. The van der Waals surface area contributed by atoms with Crippen LogP contribution in [0.15, 0.2) is 126 Å². The molecule has 0 bridgehead atoms. The maximum atomic E-state index is 12.6. The van der Waals surface area contributed by atoms with Crippen LogP contribution in [0.1, 0.15) is 111 Å². The number of ether oxygens (including phenoxy) is 1. The second kappa shape index (κ2) is 17.9. The van der Waals surface area contributed by atoms with Crippen molar-refractivity contribution in [3.63, 3.8) is 0 Å². The maximum Gasteiger partial charge on any atom is 0.162 e. The molecular formula is C45H60O3. The van der Waals surface area contributed by atoms with E-state index in [1.54, 1.807) is 0 Å². The van der Waals surface area contributed by atoms with Gasteiger partial charge < -0.3 is 9.84 Å². The quantitative estimate of drug-likeness (QED) is 0.0994. The zero-order valence-corrected chi connectivity index (χ0v) is 31.4. The second-order valence-electron chi connectivity index (χ2n) is 14.6. The SMILES string of the molecule is C=C(O)/C(C)=C(/C=C\C(=C)C(C)(C)C(=C)/C=C\C(=C/C)Oc1ccc(-c2ccc(CCC)c(C(=O)CC)c2)cc1)CC(C)(C)CC(C)C. The van der Waals surface area contributed by atoms with Crippen molar-refractivity contribution >= 4 is 5.78 Å². The van der Waals surface area contributed by atoms with Gasteiger partial charge in [0.2, 0.25) is 0 Å². The molecule has 0 atom stereocenters. The monoisotopic (exact) mass is 648 g/mol. The Morgan fingerprint density at radius 2 is 1.48 bits per heavy atom. The van der Waals surface area contributed by atoms with Gasteiger partial charge >= 0.3 is 0 Å². The number of hydrogen-bond donors (Lipinski definition) is 1. The third-order valence-electron chi connectivity index (χ3n) is 9.04. The van der Waals surface area contributed by atoms with Crippen LogP contribution in [0.4, 0.5) is 0 Å². The summed E-state index contributed by atoms with van der Waals surface area (Å²) in [5.74, 6) is 2.29. The van der Waals surface area contributed by atoms with Crippen molar-refractivity contribution in [3.8, 4) is 16.9 Å². The molecule has 0 spiro atoms. The molecule has 258 valence electrons. The van der Waals surface area contributed by atoms with Crippen molar-refractivity contribution in [1.29, 1.82) is 0 Å². The van der Waals surface area contributed by atoms with Crippen molar-refractivity contribution in [2.45, 2.75) is 101 Å². The zero-order valence-electron chi connectivity index (χ0n) is 31.4. The van der Waals surface area contributed by atoms with E-state index in [2.05, 4.69) is 86.4 Å². The molecule has 3 heteroatoms. The highest BCUT2D eigenvalue weighted by molar-refractivity contribution is 5.98. The van der Waals surface area contributed by atoms with E-state index < -0.39 is 5.41 Å². The summed E-state index contributed by atoms with van der Waals surface area (Å²) in [5, 5.41) is 10.2. The van der Waals surface area contributed by atoms with Gasteiger partial charge in [-0.2, -0.15) is 0 Å². The van der Waals surface area contributed by atoms with Gasteiger partial charge in [-0.1, -0.05) is 124 Å². The predicted molar refractivity (Wildman–Crippen MR) is 208 cm³/mol. The first-order valence-electron chi connectivity index (χ1n) is 17.4. The maximum absolute atomic E-state index is 12.6. The average Bonchev–Trinajstić information content (AvgIpc) is 3.03. The number of aryl methyl sites for hydroxylation is 1. The molecule has 0 aromatic heterocycles. The van der Waals surface area contributed by atoms with E-state index in [0.29, 0.717) is 18.1 Å². The summed E-state index contributed by atoms with van der Waals surface area (Å²) in [6, 6.07) is 14.2. The third-order valence-corrected chi connectivity index (χ3v) is 9.04. The van der Waals surface area contributed by atoms with Crippen molar-refractivity contribution < 1.29 is 14.6 Å². The molecule has 0 aliphatic carbocycles. The van der Waals surface area contributed by atoms with Crippen LogP contribution in [0.2, 0.25) is 0 Å². The minimum Gasteiger partial charge on any atom is -0.508 e. The van der Waals surface area contributed by atoms with Crippen LogP contribution in [0, 0.1) is 16.7 Å². The van der Waals surface area contributed by atoms with E-state index in [0.717, 1.165) is 76.0 Å². The van der Waals surface area contributed by atoms with Crippen LogP contribution in [0.5, 0.6) is 5.75 Å². The summed E-state index contributed by atoms with van der Waals surface area (Å²) in [5.41, 5.74) is 7.34. The summed E-state index contributed by atoms with van der Waals surface area (Å²) in [4.78, 5) is 12.6. The lowest BCUT2D eigenvalue weighted by Crippen LogP contribution is -2.16. The Labute approximate surface area is 292 Å². The van der Waals surface area contributed by atoms with Gasteiger partial charge in [0, 0.05) is 17.4 Å². The first kappa shape index (κ1) is 40.1. The van der Waals surface area contributed by atoms with Gasteiger partial charge in [-0.3, -0.25) is 4.79 Å². The van der Waals surface area contributed by atoms with E-state index >= 15 is 0 Å². The first-order valence-corrected chi connectivity index (χ1v) is 17.4. The summed E-state index contributed by atoms with van der Waals surface area (Å²) in [6.07, 6.45) is 14.3. The van der Waals surface area contributed by atoms with Gasteiger partial charge in [0.05, 0.1) is 0 Å². The molecule has 0 amide bonds. The summed E-state index contributed by atoms with van der Waals surface area (Å²) in [7, 11) is 0. The summed E-state index contributed by atoms with van der Waals surface area (Å²) < 4.78 is 6.21. The summed E-state index contributed by atoms with van der Waals surface area (Å²) in [6.45, 7) is 33.7. The van der Waals surface area contributed by atoms with Crippen molar-refractivity contribution in [2.75, 3.05) is 0 Å². The normalized spacial score (nSPS) is 13.3. The fraction of sp³-hybridized carbons (Fsp3) is 0.400. The van der Waals surface area contributed by atoms with Crippen LogP contribution >= 0.6 is 0 Å². The highest BCUT2D eigenvalue weighted by Crippen LogP contribution is 2.38. The first-order chi connectivity index (χ1) is 22.4. The van der Waals surface area contributed by atoms with Gasteiger partial charge in [0.15, 0.2) is 5.78 Å². The van der Waals surface area contributed by atoms with E-state index in [1.165, 1.54) is 0 Å². The molecule has 0 unspecified atom stereocenters. The largest absolute Gasteiger partial charge is 0.508 e.